The summed E-state index contributed by atoms with van der Waals surface area (Å²) in [7, 11) is 0. The van der Waals surface area contributed by atoms with Crippen LogP contribution in [0.15, 0.2) is 209 Å². The van der Waals surface area contributed by atoms with E-state index in [1.807, 2.05) is 48.5 Å². The zero-order chi connectivity index (χ0) is 39.6. The third-order valence-corrected chi connectivity index (χ3v) is 11.5. The third-order valence-electron chi connectivity index (χ3n) is 11.5. The van der Waals surface area contributed by atoms with E-state index in [1.165, 1.54) is 16.5 Å². The van der Waals surface area contributed by atoms with Gasteiger partial charge in [0.25, 0.3) is 0 Å². The van der Waals surface area contributed by atoms with Gasteiger partial charge >= 0.3 is 0 Å². The van der Waals surface area contributed by atoms with Gasteiger partial charge in [0.05, 0.1) is 0 Å². The number of rotatable bonds is 6. The quantitative estimate of drug-likeness (QED) is 0.169. The maximum atomic E-state index is 6.56. The molecule has 0 aliphatic rings. The van der Waals surface area contributed by atoms with Crippen molar-refractivity contribution in [1.29, 1.82) is 0 Å². The van der Waals surface area contributed by atoms with Crippen molar-refractivity contribution < 1.29 is 8.83 Å². The summed E-state index contributed by atoms with van der Waals surface area (Å²) in [6.07, 6.45) is 0. The molecule has 12 aromatic rings. The van der Waals surface area contributed by atoms with Crippen molar-refractivity contribution >= 4 is 54.6 Å². The van der Waals surface area contributed by atoms with Crippen LogP contribution in [0.3, 0.4) is 0 Å². The minimum atomic E-state index is 0.576. The highest BCUT2D eigenvalue weighted by atomic mass is 16.3. The molecular weight excluding hydrogens is 735 g/mol. The maximum Gasteiger partial charge on any atom is 0.164 e. The number of hydrogen-bond acceptors (Lipinski definition) is 5. The van der Waals surface area contributed by atoms with E-state index in [-0.39, 0.29) is 0 Å². The fourth-order valence-electron chi connectivity index (χ4n) is 8.55. The fourth-order valence-corrected chi connectivity index (χ4v) is 8.55. The van der Waals surface area contributed by atoms with Crippen molar-refractivity contribution in [3.8, 4) is 67.5 Å². The molecular formula is C55H33N3O2. The van der Waals surface area contributed by atoms with E-state index in [0.717, 1.165) is 88.2 Å². The first-order valence-corrected chi connectivity index (χ1v) is 20.1. The summed E-state index contributed by atoms with van der Waals surface area (Å²) in [5.74, 6) is 1.76. The molecule has 0 aliphatic heterocycles. The van der Waals surface area contributed by atoms with Crippen LogP contribution in [0.2, 0.25) is 0 Å². The van der Waals surface area contributed by atoms with Crippen molar-refractivity contribution in [2.24, 2.45) is 0 Å². The van der Waals surface area contributed by atoms with Crippen molar-refractivity contribution in [2.75, 3.05) is 0 Å². The van der Waals surface area contributed by atoms with Crippen LogP contribution in [-0.4, -0.2) is 15.0 Å². The van der Waals surface area contributed by atoms with Crippen LogP contribution in [-0.2, 0) is 0 Å². The number of fused-ring (bicyclic) bond motifs is 7. The van der Waals surface area contributed by atoms with Gasteiger partial charge in [-0.3, -0.25) is 0 Å². The molecule has 0 unspecified atom stereocenters. The molecule has 0 N–H and O–H groups in total. The Hall–Kier alpha value is -8.15. The highest BCUT2D eigenvalue weighted by Crippen LogP contribution is 2.40. The number of furan rings is 2. The lowest BCUT2D eigenvalue weighted by Crippen LogP contribution is -2.00. The Bertz CT molecular complexity index is 3590. The van der Waals surface area contributed by atoms with Gasteiger partial charge in [-0.1, -0.05) is 164 Å². The molecule has 60 heavy (non-hydrogen) atoms. The van der Waals surface area contributed by atoms with Crippen LogP contribution in [0.5, 0.6) is 0 Å². The predicted octanol–water partition coefficient (Wildman–Crippen LogP) is 14.8. The van der Waals surface area contributed by atoms with Crippen LogP contribution in [0.25, 0.3) is 122 Å². The molecule has 0 amide bonds. The van der Waals surface area contributed by atoms with E-state index < -0.39 is 0 Å². The molecule has 0 atom stereocenters. The lowest BCUT2D eigenvalue weighted by atomic mass is 9.97. The number of benzene rings is 9. The van der Waals surface area contributed by atoms with E-state index >= 15 is 0 Å². The largest absolute Gasteiger partial charge is 0.456 e. The van der Waals surface area contributed by atoms with E-state index in [1.54, 1.807) is 0 Å². The fraction of sp³-hybridized carbons (Fsp3) is 0. The van der Waals surface area contributed by atoms with Gasteiger partial charge < -0.3 is 8.83 Å². The van der Waals surface area contributed by atoms with Crippen LogP contribution in [0, 0.1) is 0 Å². The summed E-state index contributed by atoms with van der Waals surface area (Å²) in [6.45, 7) is 0. The molecule has 0 spiro atoms. The third kappa shape index (κ3) is 5.75. The molecule has 9 aromatic carbocycles. The summed E-state index contributed by atoms with van der Waals surface area (Å²) in [5.41, 5.74) is 12.7. The number of nitrogens with zero attached hydrogens (tertiary/aromatic N) is 3. The van der Waals surface area contributed by atoms with Gasteiger partial charge in [0.1, 0.15) is 22.3 Å². The molecule has 0 aliphatic carbocycles. The van der Waals surface area contributed by atoms with Gasteiger partial charge in [-0.25, -0.2) is 15.0 Å². The standard InChI is InChI=1S/C55H33N3O2/c1-3-12-34(13-4-1)38-18-9-19-39(30-38)42-28-29-48-47(32-42)51-45(22-11-23-49(51)59-48)55-57-53(36-14-5-2-6-15-36)56-54(58-55)37-26-24-35(25-27-37)43-20-10-21-44-46-31-40-16-7-8-17-41(40)33-50(46)60-52(43)44/h1-33H. The second-order valence-corrected chi connectivity index (χ2v) is 15.2. The second-order valence-electron chi connectivity index (χ2n) is 15.2. The van der Waals surface area contributed by atoms with Gasteiger partial charge in [-0.15, -0.1) is 0 Å². The first-order chi connectivity index (χ1) is 29.7. The summed E-state index contributed by atoms with van der Waals surface area (Å²) in [4.78, 5) is 15.4. The zero-order valence-corrected chi connectivity index (χ0v) is 32.2. The van der Waals surface area contributed by atoms with Gasteiger partial charge in [0.2, 0.25) is 0 Å². The normalized spacial score (nSPS) is 11.7. The smallest absolute Gasteiger partial charge is 0.164 e. The molecule has 5 nitrogen and oxygen atoms in total. The van der Waals surface area contributed by atoms with Crippen molar-refractivity contribution in [3.63, 3.8) is 0 Å². The Morgan fingerprint density at radius 2 is 0.850 bits per heavy atom. The van der Waals surface area contributed by atoms with Crippen molar-refractivity contribution in [1.82, 2.24) is 15.0 Å². The maximum absolute atomic E-state index is 6.56. The molecule has 3 heterocycles. The SMILES string of the molecule is c1ccc(-c2cccc(-c3ccc4oc5cccc(-c6nc(-c7ccccc7)nc(-c7ccc(-c8cccc9c8oc8cc%10ccccc%10cc89)cc7)n6)c5c4c3)c2)cc1. The Labute approximate surface area is 344 Å². The number of aromatic nitrogens is 3. The van der Waals surface area contributed by atoms with Crippen LogP contribution in [0.1, 0.15) is 0 Å². The zero-order valence-electron chi connectivity index (χ0n) is 32.2. The van der Waals surface area contributed by atoms with E-state index in [0.29, 0.717) is 17.5 Å². The molecule has 3 aromatic heterocycles. The van der Waals surface area contributed by atoms with E-state index in [4.69, 9.17) is 23.8 Å². The first kappa shape index (κ1) is 33.9. The summed E-state index contributed by atoms with van der Waals surface area (Å²) >= 11 is 0. The number of hydrogen-bond donors (Lipinski definition) is 0. The Kier molecular flexibility index (Phi) is 7.78. The highest BCUT2D eigenvalue weighted by molar-refractivity contribution is 6.14. The van der Waals surface area contributed by atoms with Crippen LogP contribution >= 0.6 is 0 Å². The number of para-hydroxylation sites is 1. The molecule has 0 saturated heterocycles. The van der Waals surface area contributed by atoms with Crippen molar-refractivity contribution in [2.45, 2.75) is 0 Å². The highest BCUT2D eigenvalue weighted by Gasteiger charge is 2.19. The molecule has 0 radical (unpaired) electrons. The topological polar surface area (TPSA) is 65.0 Å². The summed E-state index contributed by atoms with van der Waals surface area (Å²) in [5, 5.41) is 6.53. The molecule has 0 saturated carbocycles. The average Bonchev–Trinajstić information content (AvgIpc) is 3.89. The summed E-state index contributed by atoms with van der Waals surface area (Å²) < 4.78 is 13.0. The molecule has 280 valence electrons. The Balaban J connectivity index is 0.973. The van der Waals surface area contributed by atoms with E-state index in [2.05, 4.69) is 152 Å². The monoisotopic (exact) mass is 767 g/mol. The van der Waals surface area contributed by atoms with E-state index in [9.17, 15) is 0 Å². The first-order valence-electron chi connectivity index (χ1n) is 20.1. The van der Waals surface area contributed by atoms with Crippen molar-refractivity contribution in [3.05, 3.63) is 200 Å². The van der Waals surface area contributed by atoms with Gasteiger partial charge in [0.15, 0.2) is 17.5 Å². The lowest BCUT2D eigenvalue weighted by Gasteiger charge is -2.10. The van der Waals surface area contributed by atoms with Gasteiger partial charge in [0, 0.05) is 43.8 Å². The Morgan fingerprint density at radius 1 is 0.283 bits per heavy atom. The second kappa shape index (κ2) is 13.8. The summed E-state index contributed by atoms with van der Waals surface area (Å²) in [6, 6.07) is 69.3. The van der Waals surface area contributed by atoms with Crippen LogP contribution < -0.4 is 0 Å². The molecule has 0 fully saturated rings. The van der Waals surface area contributed by atoms with Gasteiger partial charge in [-0.2, -0.15) is 0 Å². The Morgan fingerprint density at radius 3 is 1.63 bits per heavy atom. The minimum absolute atomic E-state index is 0.576. The molecule has 12 rings (SSSR count). The minimum Gasteiger partial charge on any atom is -0.456 e. The molecule has 5 heteroatoms. The molecule has 0 bridgehead atoms. The average molecular weight is 768 g/mol. The van der Waals surface area contributed by atoms with Gasteiger partial charge in [-0.05, 0) is 75.0 Å². The van der Waals surface area contributed by atoms with Crippen LogP contribution in [0.4, 0.5) is 0 Å². The lowest BCUT2D eigenvalue weighted by molar-refractivity contribution is 0.669. The predicted molar refractivity (Wildman–Crippen MR) is 245 cm³/mol.